The number of nitrogens with zero attached hydrogens (tertiary/aromatic N) is 4. The number of ether oxygens (including phenoxy) is 1. The summed E-state index contributed by atoms with van der Waals surface area (Å²) in [6.07, 6.45) is 0.381. The molecule has 5 aromatic rings. The maximum Gasteiger partial charge on any atom is 0.332 e. The molecule has 7 rings (SSSR count). The van der Waals surface area contributed by atoms with Gasteiger partial charge in [0.25, 0.3) is 5.91 Å². The predicted octanol–water partition coefficient (Wildman–Crippen LogP) is 6.06. The van der Waals surface area contributed by atoms with E-state index in [9.17, 15) is 19.2 Å². The number of piperazine rings is 1. The summed E-state index contributed by atoms with van der Waals surface area (Å²) in [5.74, 6) is 0.152. The van der Waals surface area contributed by atoms with E-state index >= 15 is 0 Å². The lowest BCUT2D eigenvalue weighted by atomic mass is 9.98. The first kappa shape index (κ1) is 36.2. The van der Waals surface area contributed by atoms with Crippen LogP contribution in [0.4, 0.5) is 10.5 Å². The van der Waals surface area contributed by atoms with Crippen LogP contribution in [-0.2, 0) is 29.1 Å². The third-order valence-corrected chi connectivity index (χ3v) is 10.1. The van der Waals surface area contributed by atoms with Crippen LogP contribution in [0.5, 0.6) is 5.75 Å². The van der Waals surface area contributed by atoms with Gasteiger partial charge in [0.15, 0.2) is 0 Å². The lowest BCUT2D eigenvalue weighted by Gasteiger charge is -2.46. The van der Waals surface area contributed by atoms with Gasteiger partial charge in [0.1, 0.15) is 18.0 Å². The van der Waals surface area contributed by atoms with E-state index in [0.717, 1.165) is 33.2 Å². The minimum absolute atomic E-state index is 0.0308. The zero-order valence-corrected chi connectivity index (χ0v) is 30.5. The summed E-state index contributed by atoms with van der Waals surface area (Å²) in [4.78, 5) is 58.6. The van der Waals surface area contributed by atoms with Crippen molar-refractivity contribution in [3.8, 4) is 5.75 Å². The van der Waals surface area contributed by atoms with Gasteiger partial charge >= 0.3 is 6.03 Å². The molecule has 276 valence electrons. The van der Waals surface area contributed by atoms with E-state index in [1.54, 1.807) is 29.2 Å². The molecule has 11 heteroatoms. The molecular weight excluding hydrogens is 681 g/mol. The molecule has 0 aliphatic carbocycles. The average Bonchev–Trinajstić information content (AvgIpc) is 3.53. The SMILES string of the molecule is CCCN(C(=O)NCc1ccc(OC)cc1)N1CC(=O)N2[C@@H](Cc3ccc(NC(=O)c4ccccc4)cc3)C(=O)N(Cc3cccc4ccccc34)C[C@@H]21. The second kappa shape index (κ2) is 16.2. The van der Waals surface area contributed by atoms with Crippen LogP contribution in [0.3, 0.4) is 0 Å². The quantitative estimate of drug-likeness (QED) is 0.162. The minimum atomic E-state index is -0.799. The highest BCUT2D eigenvalue weighted by molar-refractivity contribution is 6.04. The molecule has 0 unspecified atom stereocenters. The maximum absolute atomic E-state index is 14.5. The fourth-order valence-corrected chi connectivity index (χ4v) is 7.34. The van der Waals surface area contributed by atoms with E-state index in [1.807, 2.05) is 108 Å². The predicted molar refractivity (Wildman–Crippen MR) is 207 cm³/mol. The van der Waals surface area contributed by atoms with Crippen molar-refractivity contribution in [1.82, 2.24) is 25.1 Å². The Morgan fingerprint density at radius 3 is 2.28 bits per heavy atom. The molecule has 2 heterocycles. The molecule has 5 amide bonds. The number of benzene rings is 5. The Morgan fingerprint density at radius 1 is 0.833 bits per heavy atom. The van der Waals surface area contributed by atoms with Crippen molar-refractivity contribution >= 4 is 40.2 Å². The van der Waals surface area contributed by atoms with Crippen LogP contribution >= 0.6 is 0 Å². The van der Waals surface area contributed by atoms with Gasteiger partial charge in [0, 0.05) is 37.3 Å². The topological polar surface area (TPSA) is 115 Å². The summed E-state index contributed by atoms with van der Waals surface area (Å²) in [6.45, 7) is 3.24. The Morgan fingerprint density at radius 2 is 1.54 bits per heavy atom. The summed E-state index contributed by atoms with van der Waals surface area (Å²) in [7, 11) is 1.61. The number of urea groups is 1. The number of hydrogen-bond donors (Lipinski definition) is 2. The van der Waals surface area contributed by atoms with E-state index < -0.39 is 12.2 Å². The number of anilines is 1. The molecule has 2 N–H and O–H groups in total. The first-order valence-corrected chi connectivity index (χ1v) is 18.3. The highest BCUT2D eigenvalue weighted by Gasteiger charge is 2.52. The number of carbonyl (C=O) groups excluding carboxylic acids is 4. The van der Waals surface area contributed by atoms with Gasteiger partial charge in [-0.05, 0) is 70.3 Å². The molecule has 0 saturated carbocycles. The van der Waals surface area contributed by atoms with Crippen molar-refractivity contribution < 1.29 is 23.9 Å². The molecule has 0 bridgehead atoms. The van der Waals surface area contributed by atoms with Crippen molar-refractivity contribution in [2.45, 2.75) is 45.1 Å². The average molecular weight is 725 g/mol. The lowest BCUT2D eigenvalue weighted by molar-refractivity contribution is -0.157. The number of carbonyl (C=O) groups is 4. The molecule has 54 heavy (non-hydrogen) atoms. The van der Waals surface area contributed by atoms with Crippen LogP contribution in [0.25, 0.3) is 10.8 Å². The van der Waals surface area contributed by atoms with Crippen LogP contribution in [0.15, 0.2) is 121 Å². The molecular formula is C43H44N6O5. The fraction of sp³-hybridized carbons (Fsp3) is 0.256. The number of hydrazine groups is 1. The zero-order chi connectivity index (χ0) is 37.6. The number of methoxy groups -OCH3 is 1. The summed E-state index contributed by atoms with van der Waals surface area (Å²) in [6, 6.07) is 36.9. The van der Waals surface area contributed by atoms with E-state index in [4.69, 9.17) is 4.74 Å². The second-order valence-corrected chi connectivity index (χ2v) is 13.6. The molecule has 2 saturated heterocycles. The second-order valence-electron chi connectivity index (χ2n) is 13.6. The largest absolute Gasteiger partial charge is 0.497 e. The van der Waals surface area contributed by atoms with Crippen molar-refractivity contribution in [2.75, 3.05) is 32.1 Å². The van der Waals surface area contributed by atoms with Gasteiger partial charge in [-0.1, -0.05) is 91.9 Å². The maximum atomic E-state index is 14.5. The highest BCUT2D eigenvalue weighted by atomic mass is 16.5. The summed E-state index contributed by atoms with van der Waals surface area (Å²) in [5, 5.41) is 11.5. The molecule has 0 spiro atoms. The van der Waals surface area contributed by atoms with E-state index in [-0.39, 0.29) is 43.3 Å². The third kappa shape index (κ3) is 7.77. The number of amides is 5. The molecule has 0 radical (unpaired) electrons. The Bertz CT molecular complexity index is 2120. The summed E-state index contributed by atoms with van der Waals surface area (Å²) < 4.78 is 5.27. The Hall–Kier alpha value is -6.20. The van der Waals surface area contributed by atoms with Gasteiger partial charge in [-0.25, -0.2) is 4.79 Å². The van der Waals surface area contributed by atoms with Crippen LogP contribution in [-0.4, -0.2) is 82.5 Å². The lowest BCUT2D eigenvalue weighted by Crippen LogP contribution is -2.66. The summed E-state index contributed by atoms with van der Waals surface area (Å²) in [5.41, 5.74) is 3.93. The molecule has 11 nitrogen and oxygen atoms in total. The number of rotatable bonds is 12. The van der Waals surface area contributed by atoms with Gasteiger partial charge in [-0.2, -0.15) is 5.01 Å². The highest BCUT2D eigenvalue weighted by Crippen LogP contribution is 2.31. The first-order valence-electron chi connectivity index (χ1n) is 18.3. The van der Waals surface area contributed by atoms with Gasteiger partial charge in [-0.15, -0.1) is 0 Å². The Labute approximate surface area is 315 Å². The van der Waals surface area contributed by atoms with Crippen molar-refractivity contribution in [3.63, 3.8) is 0 Å². The fourth-order valence-electron chi connectivity index (χ4n) is 7.34. The van der Waals surface area contributed by atoms with Crippen LogP contribution < -0.4 is 15.4 Å². The number of fused-ring (bicyclic) bond motifs is 2. The van der Waals surface area contributed by atoms with Crippen LogP contribution in [0.1, 0.15) is 40.4 Å². The monoisotopic (exact) mass is 724 g/mol. The van der Waals surface area contributed by atoms with Crippen molar-refractivity contribution in [1.29, 1.82) is 0 Å². The number of nitrogens with one attached hydrogen (secondary N) is 2. The molecule has 2 fully saturated rings. The standard InChI is InChI=1S/C43H44N6O5/c1-3-24-47(43(53)44-26-31-18-22-36(54-2)23-19-31)48-29-40(50)49-38(25-30-16-20-35(21-17-30)45-41(51)33-11-5-4-6-12-33)42(52)46(28-39(48)49)27-34-14-9-13-32-10-7-8-15-37(32)34/h4-23,38-39H,3,24-29H2,1-2H3,(H,44,53)(H,45,51)/t38-,39+/m0/s1. The van der Waals surface area contributed by atoms with Crippen LogP contribution in [0.2, 0.25) is 0 Å². The van der Waals surface area contributed by atoms with Gasteiger partial charge < -0.3 is 25.2 Å². The molecule has 2 atom stereocenters. The van der Waals surface area contributed by atoms with E-state index in [2.05, 4.69) is 28.8 Å². The van der Waals surface area contributed by atoms with Gasteiger partial charge in [0.2, 0.25) is 11.8 Å². The zero-order valence-electron chi connectivity index (χ0n) is 30.5. The van der Waals surface area contributed by atoms with Gasteiger partial charge in [0.05, 0.1) is 20.2 Å². The molecule has 5 aromatic carbocycles. The Balaban J connectivity index is 1.15. The number of hydrogen-bond acceptors (Lipinski definition) is 6. The molecule has 2 aliphatic heterocycles. The third-order valence-electron chi connectivity index (χ3n) is 10.1. The van der Waals surface area contributed by atoms with Crippen molar-refractivity contribution in [2.24, 2.45) is 0 Å². The smallest absolute Gasteiger partial charge is 0.332 e. The minimum Gasteiger partial charge on any atom is -0.497 e. The van der Waals surface area contributed by atoms with Crippen LogP contribution in [0, 0.1) is 0 Å². The first-order chi connectivity index (χ1) is 26.3. The van der Waals surface area contributed by atoms with Crippen molar-refractivity contribution in [3.05, 3.63) is 144 Å². The van der Waals surface area contributed by atoms with E-state index in [0.29, 0.717) is 37.3 Å². The Kier molecular flexibility index (Phi) is 10.9. The molecule has 2 aliphatic rings. The normalized spacial score (nSPS) is 17.0. The van der Waals surface area contributed by atoms with Gasteiger partial charge in [-0.3, -0.25) is 19.4 Å². The van der Waals surface area contributed by atoms with E-state index in [1.165, 1.54) is 0 Å². The molecule has 0 aromatic heterocycles. The summed E-state index contributed by atoms with van der Waals surface area (Å²) >= 11 is 0.